The molecular weight excluding hydrogens is 162 g/mol. The van der Waals surface area contributed by atoms with Gasteiger partial charge in [0.2, 0.25) is 0 Å². The predicted molar refractivity (Wildman–Crippen MR) is 55.6 cm³/mol. The maximum atomic E-state index is 9.47. The largest absolute Gasteiger partial charge is 0.388 e. The third-order valence-corrected chi connectivity index (χ3v) is 1.79. The number of aryl methyl sites for hydroxylation is 1. The number of rotatable bonds is 2. The fraction of sp³-hybridized carbons (Fsp3) is 0.545. The van der Waals surface area contributed by atoms with E-state index in [2.05, 4.69) is 4.98 Å². The summed E-state index contributed by atoms with van der Waals surface area (Å²) in [4.78, 5) is 4.09. The van der Waals surface area contributed by atoms with Gasteiger partial charge in [0.15, 0.2) is 0 Å². The monoisotopic (exact) mass is 181 g/mol. The normalized spacial score (nSPS) is 11.5. The van der Waals surface area contributed by atoms with Crippen LogP contribution in [0.15, 0.2) is 18.3 Å². The molecule has 0 aliphatic heterocycles. The molecule has 74 valence electrons. The first kappa shape index (κ1) is 12.1. The SMILES string of the molecule is CC.CC[C@H](O)c1cccnc1C. The molecule has 0 fully saturated rings. The summed E-state index contributed by atoms with van der Waals surface area (Å²) in [6.07, 6.45) is 2.12. The second kappa shape index (κ2) is 6.61. The first-order valence-electron chi connectivity index (χ1n) is 4.85. The molecule has 0 aliphatic carbocycles. The molecule has 1 aromatic heterocycles. The Morgan fingerprint density at radius 1 is 1.46 bits per heavy atom. The van der Waals surface area contributed by atoms with E-state index in [9.17, 15) is 5.11 Å². The number of aliphatic hydroxyl groups is 1. The van der Waals surface area contributed by atoms with Gasteiger partial charge < -0.3 is 5.11 Å². The van der Waals surface area contributed by atoms with Crippen LogP contribution in [0.25, 0.3) is 0 Å². The Morgan fingerprint density at radius 3 is 2.54 bits per heavy atom. The molecule has 2 heteroatoms. The first-order chi connectivity index (χ1) is 6.25. The standard InChI is InChI=1S/C9H13NO.C2H6/c1-3-9(11)8-5-4-6-10-7(8)2;1-2/h4-6,9,11H,3H2,1-2H3;1-2H3/t9-;/m0./s1. The summed E-state index contributed by atoms with van der Waals surface area (Å²) >= 11 is 0. The van der Waals surface area contributed by atoms with Gasteiger partial charge >= 0.3 is 0 Å². The maximum absolute atomic E-state index is 9.47. The second-order valence-corrected chi connectivity index (χ2v) is 2.60. The maximum Gasteiger partial charge on any atom is 0.0804 e. The van der Waals surface area contributed by atoms with E-state index in [0.717, 1.165) is 17.7 Å². The van der Waals surface area contributed by atoms with E-state index in [0.29, 0.717) is 0 Å². The van der Waals surface area contributed by atoms with Gasteiger partial charge in [0.05, 0.1) is 6.10 Å². The van der Waals surface area contributed by atoms with E-state index in [1.807, 2.05) is 39.8 Å². The van der Waals surface area contributed by atoms with Crippen LogP contribution in [0.2, 0.25) is 0 Å². The van der Waals surface area contributed by atoms with Crippen molar-refractivity contribution >= 4 is 0 Å². The molecule has 0 unspecified atom stereocenters. The van der Waals surface area contributed by atoms with Gasteiger partial charge in [-0.05, 0) is 19.4 Å². The summed E-state index contributed by atoms with van der Waals surface area (Å²) in [7, 11) is 0. The molecular formula is C11H19NO. The van der Waals surface area contributed by atoms with E-state index in [4.69, 9.17) is 0 Å². The van der Waals surface area contributed by atoms with Crippen LogP contribution in [-0.4, -0.2) is 10.1 Å². The van der Waals surface area contributed by atoms with E-state index >= 15 is 0 Å². The van der Waals surface area contributed by atoms with Gasteiger partial charge in [0.1, 0.15) is 0 Å². The molecule has 0 bridgehead atoms. The Hall–Kier alpha value is -0.890. The van der Waals surface area contributed by atoms with Gasteiger partial charge in [-0.2, -0.15) is 0 Å². The Morgan fingerprint density at radius 2 is 2.08 bits per heavy atom. The highest BCUT2D eigenvalue weighted by atomic mass is 16.3. The van der Waals surface area contributed by atoms with E-state index < -0.39 is 0 Å². The van der Waals surface area contributed by atoms with Crippen molar-refractivity contribution < 1.29 is 5.11 Å². The van der Waals surface area contributed by atoms with Gasteiger partial charge in [-0.1, -0.05) is 26.8 Å². The van der Waals surface area contributed by atoms with Crippen molar-refractivity contribution in [3.8, 4) is 0 Å². The fourth-order valence-electron chi connectivity index (χ4n) is 1.07. The molecule has 13 heavy (non-hydrogen) atoms. The van der Waals surface area contributed by atoms with Gasteiger partial charge in [0, 0.05) is 17.5 Å². The van der Waals surface area contributed by atoms with Crippen LogP contribution in [0, 0.1) is 6.92 Å². The molecule has 0 saturated heterocycles. The van der Waals surface area contributed by atoms with E-state index in [1.54, 1.807) is 6.20 Å². The van der Waals surface area contributed by atoms with Crippen molar-refractivity contribution in [3.05, 3.63) is 29.6 Å². The van der Waals surface area contributed by atoms with Gasteiger partial charge in [-0.25, -0.2) is 0 Å². The van der Waals surface area contributed by atoms with E-state index in [1.165, 1.54) is 0 Å². The zero-order valence-electron chi connectivity index (χ0n) is 8.91. The highest BCUT2D eigenvalue weighted by Crippen LogP contribution is 2.17. The van der Waals surface area contributed by atoms with Crippen molar-refractivity contribution in [1.82, 2.24) is 4.98 Å². The summed E-state index contributed by atoms with van der Waals surface area (Å²) in [5.41, 5.74) is 1.86. The molecule has 0 saturated carbocycles. The van der Waals surface area contributed by atoms with Crippen molar-refractivity contribution in [3.63, 3.8) is 0 Å². The zero-order chi connectivity index (χ0) is 10.3. The topological polar surface area (TPSA) is 33.1 Å². The lowest BCUT2D eigenvalue weighted by Crippen LogP contribution is -1.99. The summed E-state index contributed by atoms with van der Waals surface area (Å²) in [6.45, 7) is 7.87. The minimum absolute atomic E-state index is 0.358. The van der Waals surface area contributed by atoms with Gasteiger partial charge in [-0.15, -0.1) is 0 Å². The Labute approximate surface area is 80.6 Å². The van der Waals surface area contributed by atoms with Crippen LogP contribution in [-0.2, 0) is 0 Å². The average Bonchev–Trinajstić information content (AvgIpc) is 2.20. The lowest BCUT2D eigenvalue weighted by Gasteiger charge is -2.09. The number of aromatic nitrogens is 1. The molecule has 2 nitrogen and oxygen atoms in total. The number of nitrogens with zero attached hydrogens (tertiary/aromatic N) is 1. The number of hydrogen-bond donors (Lipinski definition) is 1. The van der Waals surface area contributed by atoms with Crippen LogP contribution in [0.3, 0.4) is 0 Å². The van der Waals surface area contributed by atoms with Crippen molar-refractivity contribution in [2.24, 2.45) is 0 Å². The number of hydrogen-bond acceptors (Lipinski definition) is 2. The van der Waals surface area contributed by atoms with E-state index in [-0.39, 0.29) is 6.10 Å². The highest BCUT2D eigenvalue weighted by Gasteiger charge is 2.06. The third-order valence-electron chi connectivity index (χ3n) is 1.79. The molecule has 1 N–H and O–H groups in total. The molecule has 1 atom stereocenters. The van der Waals surface area contributed by atoms with Crippen LogP contribution in [0.1, 0.15) is 44.6 Å². The fourth-order valence-corrected chi connectivity index (χ4v) is 1.07. The third kappa shape index (κ3) is 3.55. The molecule has 0 amide bonds. The molecule has 1 heterocycles. The molecule has 0 aromatic carbocycles. The quantitative estimate of drug-likeness (QED) is 0.761. The summed E-state index contributed by atoms with van der Waals surface area (Å²) in [5.74, 6) is 0. The molecule has 1 aromatic rings. The first-order valence-corrected chi connectivity index (χ1v) is 4.85. The lowest BCUT2D eigenvalue weighted by atomic mass is 10.1. The van der Waals surface area contributed by atoms with Crippen LogP contribution >= 0.6 is 0 Å². The van der Waals surface area contributed by atoms with Crippen LogP contribution in [0.5, 0.6) is 0 Å². The molecule has 1 rings (SSSR count). The van der Waals surface area contributed by atoms with Crippen molar-refractivity contribution in [2.45, 2.75) is 40.2 Å². The van der Waals surface area contributed by atoms with Crippen molar-refractivity contribution in [2.75, 3.05) is 0 Å². The summed E-state index contributed by atoms with van der Waals surface area (Å²) in [5, 5.41) is 9.47. The van der Waals surface area contributed by atoms with Gasteiger partial charge in [-0.3, -0.25) is 4.98 Å². The van der Waals surface area contributed by atoms with Crippen molar-refractivity contribution in [1.29, 1.82) is 0 Å². The lowest BCUT2D eigenvalue weighted by molar-refractivity contribution is 0.172. The minimum Gasteiger partial charge on any atom is -0.388 e. The van der Waals surface area contributed by atoms with Crippen LogP contribution < -0.4 is 0 Å². The Balaban J connectivity index is 0.000000671. The van der Waals surface area contributed by atoms with Crippen LogP contribution in [0.4, 0.5) is 0 Å². The zero-order valence-corrected chi connectivity index (χ0v) is 8.91. The Kier molecular flexibility index (Phi) is 6.15. The molecule has 0 spiro atoms. The molecule has 0 aliphatic rings. The smallest absolute Gasteiger partial charge is 0.0804 e. The number of pyridine rings is 1. The molecule has 0 radical (unpaired) electrons. The number of aliphatic hydroxyl groups excluding tert-OH is 1. The summed E-state index contributed by atoms with van der Waals surface area (Å²) < 4.78 is 0. The highest BCUT2D eigenvalue weighted by molar-refractivity contribution is 5.20. The second-order valence-electron chi connectivity index (χ2n) is 2.60. The minimum atomic E-state index is -0.358. The predicted octanol–water partition coefficient (Wildman–Crippen LogP) is 2.86. The average molecular weight is 181 g/mol. The Bertz CT molecular complexity index is 235. The van der Waals surface area contributed by atoms with Gasteiger partial charge in [0.25, 0.3) is 0 Å². The summed E-state index contributed by atoms with van der Waals surface area (Å²) in [6, 6.07) is 3.76.